The van der Waals surface area contributed by atoms with Crippen LogP contribution >= 0.6 is 11.3 Å². The van der Waals surface area contributed by atoms with E-state index < -0.39 is 29.3 Å². The van der Waals surface area contributed by atoms with E-state index in [1.807, 2.05) is 49.6 Å². The van der Waals surface area contributed by atoms with Crippen LogP contribution in [0.25, 0.3) is 11.3 Å². The SMILES string of the molecule is CCOC(=O)C1=C(C)NC(C)C(C(=O)OCC)(c2nc(-c3c(C)cc(C)cc3C)cs2)C1c1ccccc1. The maximum Gasteiger partial charge on any atom is 0.336 e. The number of nitrogens with zero attached hydrogens (tertiary/aromatic N) is 1. The van der Waals surface area contributed by atoms with Gasteiger partial charge in [0.05, 0.1) is 24.5 Å². The molecule has 4 rings (SSSR count). The lowest BCUT2D eigenvalue weighted by Crippen LogP contribution is -2.60. The van der Waals surface area contributed by atoms with E-state index in [4.69, 9.17) is 14.5 Å². The molecule has 0 saturated carbocycles. The number of aromatic nitrogens is 1. The molecule has 3 unspecified atom stereocenters. The first-order valence-corrected chi connectivity index (χ1v) is 13.9. The number of aryl methyl sites for hydroxylation is 3. The average Bonchev–Trinajstić information content (AvgIpc) is 3.33. The van der Waals surface area contributed by atoms with Crippen molar-refractivity contribution in [3.63, 3.8) is 0 Å². The zero-order valence-electron chi connectivity index (χ0n) is 23.2. The molecule has 200 valence electrons. The van der Waals surface area contributed by atoms with Crippen LogP contribution in [0.3, 0.4) is 0 Å². The molecule has 7 heteroatoms. The average molecular weight is 533 g/mol. The molecule has 0 radical (unpaired) electrons. The first kappa shape index (κ1) is 27.6. The lowest BCUT2D eigenvalue weighted by Gasteiger charge is -2.46. The third-order valence-corrected chi connectivity index (χ3v) is 8.29. The van der Waals surface area contributed by atoms with E-state index in [9.17, 15) is 9.59 Å². The van der Waals surface area contributed by atoms with Crippen LogP contribution in [0, 0.1) is 20.8 Å². The van der Waals surface area contributed by atoms with Crippen molar-refractivity contribution in [2.45, 2.75) is 65.8 Å². The maximum absolute atomic E-state index is 14.2. The van der Waals surface area contributed by atoms with Crippen molar-refractivity contribution in [2.75, 3.05) is 13.2 Å². The maximum atomic E-state index is 14.2. The number of hydrogen-bond donors (Lipinski definition) is 1. The van der Waals surface area contributed by atoms with Crippen molar-refractivity contribution < 1.29 is 19.1 Å². The fraction of sp³-hybridized carbons (Fsp3) is 0.387. The van der Waals surface area contributed by atoms with Gasteiger partial charge in [-0.15, -0.1) is 11.3 Å². The summed E-state index contributed by atoms with van der Waals surface area (Å²) in [6.45, 7) is 14.1. The van der Waals surface area contributed by atoms with E-state index in [1.54, 1.807) is 13.8 Å². The highest BCUT2D eigenvalue weighted by atomic mass is 32.1. The van der Waals surface area contributed by atoms with Gasteiger partial charge in [0.1, 0.15) is 5.01 Å². The lowest BCUT2D eigenvalue weighted by atomic mass is 9.62. The van der Waals surface area contributed by atoms with Gasteiger partial charge in [-0.25, -0.2) is 9.78 Å². The number of allylic oxidation sites excluding steroid dienone is 1. The second-order valence-electron chi connectivity index (χ2n) is 9.87. The van der Waals surface area contributed by atoms with Crippen molar-refractivity contribution in [2.24, 2.45) is 0 Å². The molecule has 2 heterocycles. The van der Waals surface area contributed by atoms with Gasteiger partial charge in [0.2, 0.25) is 0 Å². The van der Waals surface area contributed by atoms with E-state index in [1.165, 1.54) is 16.9 Å². The number of nitrogens with one attached hydrogen (secondary N) is 1. The van der Waals surface area contributed by atoms with Crippen LogP contribution < -0.4 is 5.32 Å². The normalized spacial score (nSPS) is 21.1. The van der Waals surface area contributed by atoms with Gasteiger partial charge in [0.25, 0.3) is 0 Å². The molecule has 6 nitrogen and oxygen atoms in total. The number of esters is 2. The quantitative estimate of drug-likeness (QED) is 0.368. The summed E-state index contributed by atoms with van der Waals surface area (Å²) in [5.74, 6) is -1.52. The van der Waals surface area contributed by atoms with Crippen LogP contribution in [-0.4, -0.2) is 36.2 Å². The van der Waals surface area contributed by atoms with Crippen molar-refractivity contribution in [3.05, 3.63) is 86.4 Å². The van der Waals surface area contributed by atoms with E-state index in [0.717, 1.165) is 27.9 Å². The molecule has 1 aliphatic heterocycles. The standard InChI is InChI=1S/C31H36N2O4S/c1-8-36-28(34)26-21(6)32-22(7)31(30(35)37-9-2,27(26)23-13-11-10-12-14-23)29-33-24(17-38-29)25-19(4)15-18(3)16-20(25)5/h10-17,22,27,32H,8-9H2,1-7H3. The Labute approximate surface area is 229 Å². The summed E-state index contributed by atoms with van der Waals surface area (Å²) in [6, 6.07) is 13.5. The van der Waals surface area contributed by atoms with E-state index >= 15 is 0 Å². The van der Waals surface area contributed by atoms with Crippen LogP contribution in [0.1, 0.15) is 60.9 Å². The smallest absolute Gasteiger partial charge is 0.336 e. The molecule has 1 aliphatic rings. The predicted molar refractivity (Wildman–Crippen MR) is 151 cm³/mol. The Kier molecular flexibility index (Phi) is 8.07. The second-order valence-corrected chi connectivity index (χ2v) is 10.7. The predicted octanol–water partition coefficient (Wildman–Crippen LogP) is 6.15. The zero-order chi connectivity index (χ0) is 27.6. The van der Waals surface area contributed by atoms with Gasteiger partial charge >= 0.3 is 11.9 Å². The minimum atomic E-state index is -1.30. The Bertz CT molecular complexity index is 1350. The first-order valence-electron chi connectivity index (χ1n) is 13.1. The molecule has 0 saturated heterocycles. The molecule has 0 aliphatic carbocycles. The number of thiazole rings is 1. The summed E-state index contributed by atoms with van der Waals surface area (Å²) in [5, 5.41) is 6.03. The molecule has 3 aromatic rings. The Hall–Kier alpha value is -3.45. The minimum absolute atomic E-state index is 0.209. The Morgan fingerprint density at radius 1 is 1.00 bits per heavy atom. The molecular formula is C31H36N2O4S. The monoisotopic (exact) mass is 532 g/mol. The molecule has 0 bridgehead atoms. The Morgan fingerprint density at radius 3 is 2.24 bits per heavy atom. The molecule has 1 N–H and O–H groups in total. The highest BCUT2D eigenvalue weighted by Crippen LogP contribution is 2.52. The van der Waals surface area contributed by atoms with Crippen LogP contribution in [0.15, 0.2) is 59.1 Å². The minimum Gasteiger partial charge on any atom is -0.465 e. The van der Waals surface area contributed by atoms with Gasteiger partial charge < -0.3 is 14.8 Å². The number of carbonyl (C=O) groups excluding carboxylic acids is 2. The van der Waals surface area contributed by atoms with E-state index in [-0.39, 0.29) is 13.2 Å². The zero-order valence-corrected chi connectivity index (χ0v) is 24.0. The fourth-order valence-corrected chi connectivity index (χ4v) is 6.99. The van der Waals surface area contributed by atoms with Crippen LogP contribution in [0.2, 0.25) is 0 Å². The topological polar surface area (TPSA) is 77.5 Å². The van der Waals surface area contributed by atoms with Gasteiger partial charge in [0.15, 0.2) is 5.41 Å². The summed E-state index contributed by atoms with van der Waals surface area (Å²) in [6.07, 6.45) is 0. The molecule has 0 fully saturated rings. The van der Waals surface area contributed by atoms with Gasteiger partial charge in [-0.3, -0.25) is 4.79 Å². The molecule has 3 atom stereocenters. The van der Waals surface area contributed by atoms with Crippen molar-refractivity contribution in [1.82, 2.24) is 10.3 Å². The highest BCUT2D eigenvalue weighted by molar-refractivity contribution is 7.10. The Balaban J connectivity index is 2.03. The number of carbonyl (C=O) groups is 2. The molecule has 0 amide bonds. The molecular weight excluding hydrogens is 496 g/mol. The summed E-state index contributed by atoms with van der Waals surface area (Å²) in [7, 11) is 0. The number of rotatable bonds is 7. The third-order valence-electron chi connectivity index (χ3n) is 7.30. The van der Waals surface area contributed by atoms with Crippen LogP contribution in [0.5, 0.6) is 0 Å². The number of hydrogen-bond acceptors (Lipinski definition) is 7. The first-order chi connectivity index (χ1) is 18.2. The molecule has 1 aromatic heterocycles. The largest absolute Gasteiger partial charge is 0.465 e. The van der Waals surface area contributed by atoms with Crippen molar-refractivity contribution >= 4 is 23.3 Å². The summed E-state index contributed by atoms with van der Waals surface area (Å²) >= 11 is 1.43. The van der Waals surface area contributed by atoms with Crippen LogP contribution in [0.4, 0.5) is 0 Å². The molecule has 2 aromatic carbocycles. The number of ether oxygens (including phenoxy) is 2. The summed E-state index contributed by atoms with van der Waals surface area (Å²) < 4.78 is 11.3. The highest BCUT2D eigenvalue weighted by Gasteiger charge is 2.60. The van der Waals surface area contributed by atoms with E-state index in [2.05, 4.69) is 38.2 Å². The van der Waals surface area contributed by atoms with E-state index in [0.29, 0.717) is 16.3 Å². The summed E-state index contributed by atoms with van der Waals surface area (Å²) in [5.41, 5.74) is 5.95. The van der Waals surface area contributed by atoms with Crippen LogP contribution in [-0.2, 0) is 24.5 Å². The molecule has 0 spiro atoms. The van der Waals surface area contributed by atoms with Crippen molar-refractivity contribution in [1.29, 1.82) is 0 Å². The van der Waals surface area contributed by atoms with Gasteiger partial charge in [0, 0.05) is 28.6 Å². The molecule has 38 heavy (non-hydrogen) atoms. The Morgan fingerprint density at radius 2 is 1.63 bits per heavy atom. The third kappa shape index (κ3) is 4.64. The number of benzene rings is 2. The van der Waals surface area contributed by atoms with Gasteiger partial charge in [-0.05, 0) is 65.2 Å². The summed E-state index contributed by atoms with van der Waals surface area (Å²) in [4.78, 5) is 32.8. The second kappa shape index (κ2) is 11.1. The fourth-order valence-electron chi connectivity index (χ4n) is 5.87. The lowest BCUT2D eigenvalue weighted by molar-refractivity contribution is -0.153. The van der Waals surface area contributed by atoms with Gasteiger partial charge in [-0.1, -0.05) is 48.0 Å². The van der Waals surface area contributed by atoms with Crippen molar-refractivity contribution in [3.8, 4) is 11.3 Å². The van der Waals surface area contributed by atoms with Gasteiger partial charge in [-0.2, -0.15) is 0 Å².